The Kier molecular flexibility index (Phi) is 6.19. The van der Waals surface area contributed by atoms with Gasteiger partial charge in [0, 0.05) is 18.5 Å². The highest BCUT2D eigenvalue weighted by Gasteiger charge is 2.23. The number of anilines is 2. The van der Waals surface area contributed by atoms with Gasteiger partial charge in [0.1, 0.15) is 5.76 Å². The predicted molar refractivity (Wildman–Crippen MR) is 115 cm³/mol. The van der Waals surface area contributed by atoms with E-state index in [0.717, 1.165) is 49.3 Å². The minimum absolute atomic E-state index is 0.106. The fourth-order valence-electron chi connectivity index (χ4n) is 3.22. The van der Waals surface area contributed by atoms with Crippen LogP contribution in [0.5, 0.6) is 0 Å². The largest absolute Gasteiger partial charge is 0.467 e. The standard InChI is InChI=1S/C19H24N6O2S2/c1-13-5-7-24(8-6-13)18-22-23-19(25(18)10-15-4-3-9-27-15)29-12-16(26)21-17-20-14(2)11-28-17/h3-4,9,11,13H,5-8,10,12H2,1-2H3,(H,20,21,26). The van der Waals surface area contributed by atoms with E-state index in [1.54, 1.807) is 6.26 Å². The Morgan fingerprint density at radius 2 is 2.21 bits per heavy atom. The van der Waals surface area contributed by atoms with Crippen molar-refractivity contribution in [2.45, 2.75) is 38.4 Å². The number of aromatic nitrogens is 4. The van der Waals surface area contributed by atoms with E-state index in [1.165, 1.54) is 23.1 Å². The van der Waals surface area contributed by atoms with Gasteiger partial charge in [-0.15, -0.1) is 21.5 Å². The molecule has 0 aromatic carbocycles. The van der Waals surface area contributed by atoms with Crippen molar-refractivity contribution in [3.8, 4) is 0 Å². The lowest BCUT2D eigenvalue weighted by molar-refractivity contribution is -0.113. The molecule has 8 nitrogen and oxygen atoms in total. The number of piperidine rings is 1. The summed E-state index contributed by atoms with van der Waals surface area (Å²) in [5.41, 5.74) is 0.900. The van der Waals surface area contributed by atoms with Crippen LogP contribution in [0.3, 0.4) is 0 Å². The first kappa shape index (κ1) is 20.0. The van der Waals surface area contributed by atoms with Crippen LogP contribution in [-0.2, 0) is 11.3 Å². The molecule has 0 aliphatic carbocycles. The maximum Gasteiger partial charge on any atom is 0.236 e. The van der Waals surface area contributed by atoms with Gasteiger partial charge in [-0.1, -0.05) is 18.7 Å². The van der Waals surface area contributed by atoms with Gasteiger partial charge in [0.15, 0.2) is 10.3 Å². The maximum atomic E-state index is 12.3. The molecule has 29 heavy (non-hydrogen) atoms. The molecule has 154 valence electrons. The highest BCUT2D eigenvalue weighted by Crippen LogP contribution is 2.27. The molecule has 0 unspecified atom stereocenters. The van der Waals surface area contributed by atoms with Crippen LogP contribution in [0.25, 0.3) is 0 Å². The van der Waals surface area contributed by atoms with Crippen LogP contribution in [0.1, 0.15) is 31.2 Å². The lowest BCUT2D eigenvalue weighted by Crippen LogP contribution is -2.35. The Hall–Kier alpha value is -2.33. The smallest absolute Gasteiger partial charge is 0.236 e. The van der Waals surface area contributed by atoms with Crippen LogP contribution < -0.4 is 10.2 Å². The number of rotatable bonds is 7. The summed E-state index contributed by atoms with van der Waals surface area (Å²) in [5.74, 6) is 2.55. The van der Waals surface area contributed by atoms with Crippen molar-refractivity contribution < 1.29 is 9.21 Å². The van der Waals surface area contributed by atoms with Crippen LogP contribution in [-0.4, -0.2) is 44.5 Å². The number of furan rings is 1. The molecular weight excluding hydrogens is 408 g/mol. The van der Waals surface area contributed by atoms with Crippen molar-refractivity contribution >= 4 is 40.1 Å². The van der Waals surface area contributed by atoms with E-state index in [0.29, 0.717) is 16.8 Å². The van der Waals surface area contributed by atoms with Gasteiger partial charge >= 0.3 is 0 Å². The first-order valence-electron chi connectivity index (χ1n) is 9.64. The second kappa shape index (κ2) is 9.00. The number of carbonyl (C=O) groups excluding carboxylic acids is 1. The third-order valence-corrected chi connectivity index (χ3v) is 6.70. The average Bonchev–Trinajstić information content (AvgIpc) is 3.44. The van der Waals surface area contributed by atoms with E-state index in [-0.39, 0.29) is 11.7 Å². The minimum atomic E-state index is -0.106. The van der Waals surface area contributed by atoms with Crippen LogP contribution >= 0.6 is 23.1 Å². The van der Waals surface area contributed by atoms with Gasteiger partial charge in [-0.2, -0.15) is 0 Å². The Morgan fingerprint density at radius 3 is 2.90 bits per heavy atom. The maximum absolute atomic E-state index is 12.3. The van der Waals surface area contributed by atoms with Crippen LogP contribution in [0.2, 0.25) is 0 Å². The first-order chi connectivity index (χ1) is 14.1. The van der Waals surface area contributed by atoms with E-state index in [9.17, 15) is 4.79 Å². The Morgan fingerprint density at radius 1 is 1.38 bits per heavy atom. The van der Waals surface area contributed by atoms with E-state index in [4.69, 9.17) is 4.42 Å². The summed E-state index contributed by atoms with van der Waals surface area (Å²) in [7, 11) is 0. The molecule has 1 aliphatic heterocycles. The van der Waals surface area contributed by atoms with Crippen molar-refractivity contribution in [2.24, 2.45) is 5.92 Å². The van der Waals surface area contributed by atoms with Crippen molar-refractivity contribution in [2.75, 3.05) is 29.1 Å². The van der Waals surface area contributed by atoms with Gasteiger partial charge in [-0.05, 0) is 37.8 Å². The summed E-state index contributed by atoms with van der Waals surface area (Å²) in [6, 6.07) is 3.81. The van der Waals surface area contributed by atoms with Crippen LogP contribution in [0.15, 0.2) is 33.3 Å². The molecule has 1 fully saturated rings. The zero-order valence-corrected chi connectivity index (χ0v) is 18.1. The van der Waals surface area contributed by atoms with Crippen molar-refractivity contribution in [1.29, 1.82) is 0 Å². The molecule has 4 rings (SSSR count). The molecule has 10 heteroatoms. The number of hydrogen-bond acceptors (Lipinski definition) is 8. The van der Waals surface area contributed by atoms with Crippen molar-refractivity contribution in [3.63, 3.8) is 0 Å². The van der Waals surface area contributed by atoms with Gasteiger partial charge in [-0.25, -0.2) is 4.98 Å². The molecule has 0 spiro atoms. The number of nitrogens with zero attached hydrogens (tertiary/aromatic N) is 5. The summed E-state index contributed by atoms with van der Waals surface area (Å²) in [6.45, 7) is 6.66. The molecule has 1 saturated heterocycles. The molecule has 1 aliphatic rings. The molecule has 3 aromatic heterocycles. The summed E-state index contributed by atoms with van der Waals surface area (Å²) in [6.07, 6.45) is 3.95. The van der Waals surface area contributed by atoms with Crippen molar-refractivity contribution in [1.82, 2.24) is 19.7 Å². The summed E-state index contributed by atoms with van der Waals surface area (Å²) < 4.78 is 7.58. The van der Waals surface area contributed by atoms with E-state index >= 15 is 0 Å². The SMILES string of the molecule is Cc1csc(NC(=O)CSc2nnc(N3CCC(C)CC3)n2Cc2ccco2)n1. The van der Waals surface area contributed by atoms with Crippen LogP contribution in [0, 0.1) is 12.8 Å². The molecule has 3 aromatic rings. The molecule has 1 amide bonds. The normalized spacial score (nSPS) is 15.0. The number of hydrogen-bond donors (Lipinski definition) is 1. The van der Waals surface area contributed by atoms with Gasteiger partial charge in [0.2, 0.25) is 11.9 Å². The third kappa shape index (κ3) is 4.99. The number of thiazole rings is 1. The molecule has 0 radical (unpaired) electrons. The van der Waals surface area contributed by atoms with Gasteiger partial charge in [0.05, 0.1) is 24.3 Å². The first-order valence-corrected chi connectivity index (χ1v) is 11.5. The Balaban J connectivity index is 1.47. The number of aryl methyl sites for hydroxylation is 1. The number of carbonyl (C=O) groups is 1. The molecule has 0 bridgehead atoms. The van der Waals surface area contributed by atoms with Gasteiger partial charge < -0.3 is 14.6 Å². The summed E-state index contributed by atoms with van der Waals surface area (Å²) in [4.78, 5) is 18.9. The second-order valence-corrected chi connectivity index (χ2v) is 9.05. The quantitative estimate of drug-likeness (QED) is 0.570. The van der Waals surface area contributed by atoms with Gasteiger partial charge in [-0.3, -0.25) is 9.36 Å². The molecule has 1 N–H and O–H groups in total. The monoisotopic (exact) mass is 432 g/mol. The second-order valence-electron chi connectivity index (χ2n) is 7.25. The zero-order chi connectivity index (χ0) is 20.2. The molecular formula is C19H24N6O2S2. The Bertz CT molecular complexity index is 944. The summed E-state index contributed by atoms with van der Waals surface area (Å²) >= 11 is 2.80. The van der Waals surface area contributed by atoms with Gasteiger partial charge in [0.25, 0.3) is 0 Å². The van der Waals surface area contributed by atoms with E-state index < -0.39 is 0 Å². The van der Waals surface area contributed by atoms with Crippen molar-refractivity contribution in [3.05, 3.63) is 35.2 Å². The predicted octanol–water partition coefficient (Wildman–Crippen LogP) is 3.65. The molecule has 4 heterocycles. The zero-order valence-electron chi connectivity index (χ0n) is 16.5. The average molecular weight is 433 g/mol. The lowest BCUT2D eigenvalue weighted by Gasteiger charge is -2.31. The minimum Gasteiger partial charge on any atom is -0.467 e. The lowest BCUT2D eigenvalue weighted by atomic mass is 10.00. The molecule has 0 saturated carbocycles. The highest BCUT2D eigenvalue weighted by atomic mass is 32.2. The van der Waals surface area contributed by atoms with E-state index in [1.807, 2.05) is 29.0 Å². The highest BCUT2D eigenvalue weighted by molar-refractivity contribution is 7.99. The van der Waals surface area contributed by atoms with E-state index in [2.05, 4.69) is 32.3 Å². The summed E-state index contributed by atoms with van der Waals surface area (Å²) in [5, 5.41) is 14.9. The number of thioether (sulfide) groups is 1. The fourth-order valence-corrected chi connectivity index (χ4v) is 4.66. The number of nitrogens with one attached hydrogen (secondary N) is 1. The Labute approximate surface area is 177 Å². The van der Waals surface area contributed by atoms with Crippen LogP contribution in [0.4, 0.5) is 11.1 Å². The molecule has 0 atom stereocenters. The topological polar surface area (TPSA) is 89.1 Å². The third-order valence-electron chi connectivity index (χ3n) is 4.86. The fraction of sp³-hybridized carbons (Fsp3) is 0.474. The number of amides is 1.